The molecule has 0 radical (unpaired) electrons. The van der Waals surface area contributed by atoms with Crippen LogP contribution in [0.3, 0.4) is 0 Å². The highest BCUT2D eigenvalue weighted by Crippen LogP contribution is 2.57. The number of carbonyl (C=O) groups excluding carboxylic acids is 1. The summed E-state index contributed by atoms with van der Waals surface area (Å²) in [6.07, 6.45) is 2.92. The van der Waals surface area contributed by atoms with Crippen LogP contribution in [0.25, 0.3) is 0 Å². The fraction of sp³-hybridized carbons (Fsp3) is 0.632. The molecule has 1 saturated heterocycles. The van der Waals surface area contributed by atoms with Crippen molar-refractivity contribution in [2.45, 2.75) is 51.7 Å². The van der Waals surface area contributed by atoms with Crippen LogP contribution in [-0.4, -0.2) is 30.7 Å². The summed E-state index contributed by atoms with van der Waals surface area (Å²) in [7, 11) is 0. The predicted molar refractivity (Wildman–Crippen MR) is 98.3 cm³/mol. The average Bonchev–Trinajstić information content (AvgIpc) is 2.54. The summed E-state index contributed by atoms with van der Waals surface area (Å²) in [5.41, 5.74) is 7.94. The van der Waals surface area contributed by atoms with Gasteiger partial charge in [-0.3, -0.25) is 4.79 Å². The van der Waals surface area contributed by atoms with Gasteiger partial charge in [0.1, 0.15) is 5.54 Å². The lowest BCUT2D eigenvalue weighted by Gasteiger charge is -2.65. The molecule has 24 heavy (non-hydrogen) atoms. The Morgan fingerprint density at radius 2 is 2.17 bits per heavy atom. The Hall–Kier alpha value is -1.10. The Balaban J connectivity index is 0.00000208. The molecule has 3 unspecified atom stereocenters. The van der Waals surface area contributed by atoms with Crippen LogP contribution < -0.4 is 11.1 Å². The zero-order valence-electron chi connectivity index (χ0n) is 14.8. The van der Waals surface area contributed by atoms with Gasteiger partial charge in [0.05, 0.1) is 6.10 Å². The summed E-state index contributed by atoms with van der Waals surface area (Å²) in [4.78, 5) is 12.8. The standard InChI is InChI=1S/C19H28N2O2.ClH/c1-13-6-4-7-14(12-13)9-10-21-17(22)19(20)15-8-5-11-23-16(15)18(19,2)3;/h4,6-7,12,15-16H,5,8-11,20H2,1-3H3,(H,21,22);1H. The molecule has 3 atom stereocenters. The second-order valence-corrected chi connectivity index (χ2v) is 7.63. The molecule has 1 heterocycles. The number of benzene rings is 1. The molecule has 5 heteroatoms. The maximum absolute atomic E-state index is 12.8. The number of amides is 1. The lowest BCUT2D eigenvalue weighted by Crippen LogP contribution is -2.82. The zero-order valence-corrected chi connectivity index (χ0v) is 15.6. The van der Waals surface area contributed by atoms with E-state index in [0.717, 1.165) is 25.9 Å². The van der Waals surface area contributed by atoms with Gasteiger partial charge in [0.15, 0.2) is 0 Å². The van der Waals surface area contributed by atoms with Gasteiger partial charge in [-0.25, -0.2) is 0 Å². The van der Waals surface area contributed by atoms with Gasteiger partial charge in [-0.05, 0) is 31.7 Å². The van der Waals surface area contributed by atoms with Crippen molar-refractivity contribution in [1.82, 2.24) is 5.32 Å². The Morgan fingerprint density at radius 3 is 2.88 bits per heavy atom. The van der Waals surface area contributed by atoms with Crippen molar-refractivity contribution in [3.8, 4) is 0 Å². The van der Waals surface area contributed by atoms with Gasteiger partial charge in [0, 0.05) is 24.5 Å². The second kappa shape index (κ2) is 7.03. The van der Waals surface area contributed by atoms with Gasteiger partial charge in [-0.15, -0.1) is 12.4 Å². The molecule has 1 aliphatic heterocycles. The molecule has 1 aliphatic carbocycles. The van der Waals surface area contributed by atoms with Crippen molar-refractivity contribution < 1.29 is 9.53 Å². The van der Waals surface area contributed by atoms with Crippen molar-refractivity contribution in [2.75, 3.05) is 13.2 Å². The summed E-state index contributed by atoms with van der Waals surface area (Å²) < 4.78 is 5.86. The highest BCUT2D eigenvalue weighted by atomic mass is 35.5. The van der Waals surface area contributed by atoms with Crippen molar-refractivity contribution in [3.63, 3.8) is 0 Å². The Bertz CT molecular complexity index is 605. The number of fused-ring (bicyclic) bond motifs is 1. The smallest absolute Gasteiger partial charge is 0.241 e. The van der Waals surface area contributed by atoms with Crippen molar-refractivity contribution in [1.29, 1.82) is 0 Å². The van der Waals surface area contributed by atoms with Crippen LogP contribution in [0.4, 0.5) is 0 Å². The van der Waals surface area contributed by atoms with E-state index in [1.165, 1.54) is 11.1 Å². The maximum Gasteiger partial charge on any atom is 0.241 e. The van der Waals surface area contributed by atoms with E-state index in [1.807, 2.05) is 0 Å². The van der Waals surface area contributed by atoms with E-state index in [4.69, 9.17) is 10.5 Å². The van der Waals surface area contributed by atoms with Gasteiger partial charge in [-0.2, -0.15) is 0 Å². The first-order chi connectivity index (χ1) is 10.9. The molecule has 1 aromatic carbocycles. The molecule has 3 N–H and O–H groups in total. The minimum atomic E-state index is -0.815. The monoisotopic (exact) mass is 352 g/mol. The maximum atomic E-state index is 12.8. The molecular formula is C19H29ClN2O2. The van der Waals surface area contributed by atoms with Crippen molar-refractivity contribution >= 4 is 18.3 Å². The van der Waals surface area contributed by atoms with Gasteiger partial charge < -0.3 is 15.8 Å². The van der Waals surface area contributed by atoms with Crippen LogP contribution in [-0.2, 0) is 16.0 Å². The minimum absolute atomic E-state index is 0. The zero-order chi connectivity index (χ0) is 16.7. The van der Waals surface area contributed by atoms with Crippen LogP contribution in [0.2, 0.25) is 0 Å². The quantitative estimate of drug-likeness (QED) is 0.875. The lowest BCUT2D eigenvalue weighted by atomic mass is 9.46. The molecule has 134 valence electrons. The number of ether oxygens (including phenoxy) is 1. The number of nitrogens with two attached hydrogens (primary N) is 1. The van der Waals surface area contributed by atoms with E-state index < -0.39 is 5.54 Å². The van der Waals surface area contributed by atoms with Crippen molar-refractivity contribution in [2.24, 2.45) is 17.1 Å². The third-order valence-corrected chi connectivity index (χ3v) is 5.84. The fourth-order valence-corrected chi connectivity index (χ4v) is 4.37. The van der Waals surface area contributed by atoms with Crippen LogP contribution >= 0.6 is 12.4 Å². The molecule has 1 aromatic rings. The largest absolute Gasteiger partial charge is 0.377 e. The van der Waals surface area contributed by atoms with E-state index in [0.29, 0.717) is 6.54 Å². The number of halogens is 1. The average molecular weight is 353 g/mol. The molecule has 2 aliphatic rings. The normalized spacial score (nSPS) is 30.5. The molecule has 1 saturated carbocycles. The minimum Gasteiger partial charge on any atom is -0.377 e. The molecule has 2 fully saturated rings. The second-order valence-electron chi connectivity index (χ2n) is 7.63. The van der Waals surface area contributed by atoms with E-state index in [2.05, 4.69) is 50.4 Å². The van der Waals surface area contributed by atoms with Gasteiger partial charge >= 0.3 is 0 Å². The molecule has 0 spiro atoms. The third-order valence-electron chi connectivity index (χ3n) is 5.84. The molecule has 0 aromatic heterocycles. The van der Waals surface area contributed by atoms with Crippen LogP contribution in [0.1, 0.15) is 37.8 Å². The highest BCUT2D eigenvalue weighted by Gasteiger charge is 2.70. The van der Waals surface area contributed by atoms with Crippen LogP contribution in [0.5, 0.6) is 0 Å². The topological polar surface area (TPSA) is 64.4 Å². The molecule has 0 bridgehead atoms. The first-order valence-electron chi connectivity index (χ1n) is 8.61. The molecular weight excluding hydrogens is 324 g/mol. The Labute approximate surface area is 150 Å². The van der Waals surface area contributed by atoms with Gasteiger partial charge in [0.2, 0.25) is 5.91 Å². The van der Waals surface area contributed by atoms with E-state index >= 15 is 0 Å². The number of aryl methyl sites for hydroxylation is 1. The summed E-state index contributed by atoms with van der Waals surface area (Å²) in [5, 5.41) is 3.06. The summed E-state index contributed by atoms with van der Waals surface area (Å²) in [6.45, 7) is 7.60. The number of rotatable bonds is 4. The third kappa shape index (κ3) is 2.96. The van der Waals surface area contributed by atoms with Crippen molar-refractivity contribution in [3.05, 3.63) is 35.4 Å². The fourth-order valence-electron chi connectivity index (χ4n) is 4.37. The summed E-state index contributed by atoms with van der Waals surface area (Å²) in [6, 6.07) is 8.38. The van der Waals surface area contributed by atoms with Gasteiger partial charge in [0.25, 0.3) is 0 Å². The Morgan fingerprint density at radius 1 is 1.42 bits per heavy atom. The SMILES string of the molecule is Cc1cccc(CCNC(=O)C2(N)C3CCCOC3C2(C)C)c1.Cl. The highest BCUT2D eigenvalue weighted by molar-refractivity contribution is 5.89. The first-order valence-corrected chi connectivity index (χ1v) is 8.61. The first kappa shape index (κ1) is 19.2. The molecule has 1 amide bonds. The molecule has 4 nitrogen and oxygen atoms in total. The summed E-state index contributed by atoms with van der Waals surface area (Å²) in [5.74, 6) is 0.118. The van der Waals surface area contributed by atoms with Crippen LogP contribution in [0.15, 0.2) is 24.3 Å². The van der Waals surface area contributed by atoms with Gasteiger partial charge in [-0.1, -0.05) is 43.7 Å². The number of hydrogen-bond donors (Lipinski definition) is 2. The van der Waals surface area contributed by atoms with E-state index in [9.17, 15) is 4.79 Å². The summed E-state index contributed by atoms with van der Waals surface area (Å²) >= 11 is 0. The van der Waals surface area contributed by atoms with Crippen LogP contribution in [0, 0.1) is 18.3 Å². The number of nitrogens with one attached hydrogen (secondary N) is 1. The Kier molecular flexibility index (Phi) is 5.63. The van der Waals surface area contributed by atoms with E-state index in [1.54, 1.807) is 0 Å². The number of carbonyl (C=O) groups is 1. The number of hydrogen-bond acceptors (Lipinski definition) is 3. The lowest BCUT2D eigenvalue weighted by molar-refractivity contribution is -0.225. The molecule has 3 rings (SSSR count). The predicted octanol–water partition coefficient (Wildman–Crippen LogP) is 2.61. The van der Waals surface area contributed by atoms with E-state index in [-0.39, 0.29) is 35.8 Å².